The Labute approximate surface area is 114 Å². The fourth-order valence-corrected chi connectivity index (χ4v) is 3.78. The van der Waals surface area contributed by atoms with Crippen LogP contribution in [0.4, 0.5) is 11.4 Å². The smallest absolute Gasteiger partial charge is 0.0484 e. The van der Waals surface area contributed by atoms with E-state index in [-0.39, 0.29) is 5.41 Å². The summed E-state index contributed by atoms with van der Waals surface area (Å²) >= 11 is 0. The molecule has 0 spiro atoms. The predicted octanol–water partition coefficient (Wildman–Crippen LogP) is 4.41. The van der Waals surface area contributed by atoms with Crippen molar-refractivity contribution in [1.29, 1.82) is 0 Å². The van der Waals surface area contributed by atoms with Gasteiger partial charge in [0.2, 0.25) is 0 Å². The molecule has 0 atom stereocenters. The lowest BCUT2D eigenvalue weighted by molar-refractivity contribution is 0.610. The Kier molecular flexibility index (Phi) is 2.12. The molecule has 2 aromatic carbocycles. The van der Waals surface area contributed by atoms with Crippen molar-refractivity contribution in [1.82, 2.24) is 0 Å². The van der Waals surface area contributed by atoms with Crippen LogP contribution in [0.5, 0.6) is 0 Å². The molecule has 1 heteroatoms. The zero-order chi connectivity index (χ0) is 13.0. The summed E-state index contributed by atoms with van der Waals surface area (Å²) in [5.41, 5.74) is 7.47. The first-order valence-corrected chi connectivity index (χ1v) is 7.19. The fourth-order valence-electron chi connectivity index (χ4n) is 3.78. The third-order valence-electron chi connectivity index (χ3n) is 4.76. The maximum Gasteiger partial charge on any atom is 0.0484 e. The molecule has 0 saturated heterocycles. The third kappa shape index (κ3) is 1.36. The summed E-state index contributed by atoms with van der Waals surface area (Å²) in [4.78, 5) is 2.54. The zero-order valence-corrected chi connectivity index (χ0v) is 11.6. The van der Waals surface area contributed by atoms with E-state index >= 15 is 0 Å². The van der Waals surface area contributed by atoms with Crippen LogP contribution in [0.1, 0.15) is 37.0 Å². The normalized spacial score (nSPS) is 18.7. The summed E-state index contributed by atoms with van der Waals surface area (Å²) in [7, 11) is 0. The highest BCUT2D eigenvalue weighted by Gasteiger charge is 2.37. The van der Waals surface area contributed by atoms with Crippen molar-refractivity contribution in [3.8, 4) is 0 Å². The molecular weight excluding hydrogens is 230 g/mol. The number of anilines is 2. The summed E-state index contributed by atoms with van der Waals surface area (Å²) in [6.07, 6.45) is 2.48. The van der Waals surface area contributed by atoms with Gasteiger partial charge in [-0.1, -0.05) is 50.2 Å². The Morgan fingerprint density at radius 3 is 2.63 bits per heavy atom. The number of rotatable bonds is 0. The van der Waals surface area contributed by atoms with Gasteiger partial charge in [-0.05, 0) is 35.6 Å². The minimum absolute atomic E-state index is 0.107. The molecule has 2 aromatic rings. The molecule has 0 aromatic heterocycles. The fraction of sp³-hybridized carbons (Fsp3) is 0.333. The lowest BCUT2D eigenvalue weighted by atomic mass is 9.72. The van der Waals surface area contributed by atoms with Crippen LogP contribution in [0.2, 0.25) is 0 Å². The van der Waals surface area contributed by atoms with Crippen LogP contribution in [0.3, 0.4) is 0 Å². The second kappa shape index (κ2) is 3.63. The molecule has 2 heterocycles. The summed E-state index contributed by atoms with van der Waals surface area (Å²) in [5, 5.41) is 0. The van der Waals surface area contributed by atoms with Crippen LogP contribution in [0.15, 0.2) is 42.5 Å². The first kappa shape index (κ1) is 11.1. The van der Waals surface area contributed by atoms with Crippen molar-refractivity contribution < 1.29 is 0 Å². The topological polar surface area (TPSA) is 3.24 Å². The van der Waals surface area contributed by atoms with Gasteiger partial charge in [-0.3, -0.25) is 0 Å². The van der Waals surface area contributed by atoms with Crippen molar-refractivity contribution in [2.75, 3.05) is 11.4 Å². The first-order chi connectivity index (χ1) is 9.19. The molecule has 2 aliphatic heterocycles. The zero-order valence-electron chi connectivity index (χ0n) is 11.6. The number of hydrogen-bond donors (Lipinski definition) is 0. The van der Waals surface area contributed by atoms with E-state index in [4.69, 9.17) is 0 Å². The minimum Gasteiger partial charge on any atom is -0.341 e. The summed E-state index contributed by atoms with van der Waals surface area (Å²) in [6.45, 7) is 5.86. The van der Waals surface area contributed by atoms with Gasteiger partial charge >= 0.3 is 0 Å². The van der Waals surface area contributed by atoms with Crippen LogP contribution in [-0.4, -0.2) is 6.54 Å². The molecule has 0 unspecified atom stereocenters. The number of aryl methyl sites for hydroxylation is 1. The van der Waals surface area contributed by atoms with Crippen LogP contribution >= 0.6 is 0 Å². The van der Waals surface area contributed by atoms with Gasteiger partial charge in [0.25, 0.3) is 0 Å². The summed E-state index contributed by atoms with van der Waals surface area (Å²) < 4.78 is 0. The number of hydrogen-bond acceptors (Lipinski definition) is 1. The Hall–Kier alpha value is -1.76. The number of benzene rings is 2. The minimum atomic E-state index is 0.107. The van der Waals surface area contributed by atoms with Gasteiger partial charge in [0.05, 0.1) is 0 Å². The van der Waals surface area contributed by atoms with E-state index < -0.39 is 0 Å². The molecule has 4 rings (SSSR count). The van der Waals surface area contributed by atoms with Crippen LogP contribution in [-0.2, 0) is 11.8 Å². The van der Waals surface area contributed by atoms with Gasteiger partial charge in [0.1, 0.15) is 0 Å². The van der Waals surface area contributed by atoms with E-state index in [2.05, 4.69) is 61.2 Å². The van der Waals surface area contributed by atoms with E-state index in [1.54, 1.807) is 0 Å². The molecule has 0 bridgehead atoms. The largest absolute Gasteiger partial charge is 0.341 e. The predicted molar refractivity (Wildman–Crippen MR) is 80.3 cm³/mol. The second-order valence-electron chi connectivity index (χ2n) is 6.21. The molecular formula is C18H19N. The quantitative estimate of drug-likeness (QED) is 0.668. The maximum absolute atomic E-state index is 2.54. The molecule has 96 valence electrons. The van der Waals surface area contributed by atoms with E-state index in [9.17, 15) is 0 Å². The van der Waals surface area contributed by atoms with Gasteiger partial charge in [-0.2, -0.15) is 0 Å². The van der Waals surface area contributed by atoms with E-state index in [1.807, 2.05) is 0 Å². The average molecular weight is 249 g/mol. The Bertz CT molecular complexity index is 654. The average Bonchev–Trinajstić information content (AvgIpc) is 2.45. The van der Waals surface area contributed by atoms with Gasteiger partial charge in [0, 0.05) is 23.3 Å². The van der Waals surface area contributed by atoms with Crippen molar-refractivity contribution in [2.24, 2.45) is 0 Å². The molecule has 0 N–H and O–H groups in total. The molecule has 0 saturated carbocycles. The van der Waals surface area contributed by atoms with Crippen LogP contribution in [0.25, 0.3) is 0 Å². The monoisotopic (exact) mass is 249 g/mol. The third-order valence-corrected chi connectivity index (χ3v) is 4.76. The Balaban J connectivity index is 2.08. The summed E-state index contributed by atoms with van der Waals surface area (Å²) in [5.74, 6) is 0. The highest BCUT2D eigenvalue weighted by Crippen LogP contribution is 2.51. The van der Waals surface area contributed by atoms with Gasteiger partial charge in [-0.25, -0.2) is 0 Å². The van der Waals surface area contributed by atoms with Gasteiger partial charge < -0.3 is 4.90 Å². The molecule has 0 aliphatic carbocycles. The Morgan fingerprint density at radius 1 is 0.947 bits per heavy atom. The van der Waals surface area contributed by atoms with Crippen LogP contribution in [0, 0.1) is 0 Å². The Morgan fingerprint density at radius 2 is 1.74 bits per heavy atom. The second-order valence-corrected chi connectivity index (χ2v) is 6.21. The molecule has 2 aliphatic rings. The number of nitrogens with zero attached hydrogens (tertiary/aromatic N) is 1. The van der Waals surface area contributed by atoms with Crippen molar-refractivity contribution in [3.63, 3.8) is 0 Å². The van der Waals surface area contributed by atoms with E-state index in [1.165, 1.54) is 40.9 Å². The lowest BCUT2D eigenvalue weighted by Crippen LogP contribution is -2.36. The molecule has 1 nitrogen and oxygen atoms in total. The molecule has 0 fully saturated rings. The standard InChI is InChI=1S/C18H19N/c1-18(2)14-9-3-4-11-16(14)19-12-6-8-13-7-5-10-15(18)17(13)19/h3-5,7,9-11H,6,8,12H2,1-2H3. The highest BCUT2D eigenvalue weighted by atomic mass is 15.2. The van der Waals surface area contributed by atoms with Crippen molar-refractivity contribution in [2.45, 2.75) is 32.1 Å². The molecule has 19 heavy (non-hydrogen) atoms. The number of fused-ring (bicyclic) bond motifs is 2. The van der Waals surface area contributed by atoms with Gasteiger partial charge in [0.15, 0.2) is 0 Å². The lowest BCUT2D eigenvalue weighted by Gasteiger charge is -2.45. The van der Waals surface area contributed by atoms with Crippen molar-refractivity contribution >= 4 is 11.4 Å². The first-order valence-electron chi connectivity index (χ1n) is 7.19. The SMILES string of the molecule is CC1(C)c2ccccc2N2CCCc3cccc1c32. The van der Waals surface area contributed by atoms with E-state index in [0.717, 1.165) is 6.54 Å². The van der Waals surface area contributed by atoms with Crippen molar-refractivity contribution in [3.05, 3.63) is 59.2 Å². The number of para-hydroxylation sites is 2. The molecule has 0 amide bonds. The van der Waals surface area contributed by atoms with Gasteiger partial charge in [-0.15, -0.1) is 0 Å². The maximum atomic E-state index is 2.54. The molecule has 0 radical (unpaired) electrons. The highest BCUT2D eigenvalue weighted by molar-refractivity contribution is 5.80. The van der Waals surface area contributed by atoms with Crippen LogP contribution < -0.4 is 4.90 Å². The van der Waals surface area contributed by atoms with E-state index in [0.29, 0.717) is 0 Å². The summed E-state index contributed by atoms with van der Waals surface area (Å²) in [6, 6.07) is 15.7.